The molecule has 4 rings (SSSR count). The van der Waals surface area contributed by atoms with Gasteiger partial charge in [0.05, 0.1) is 38.1 Å². The number of nitrogens with zero attached hydrogens (tertiary/aromatic N) is 5. The van der Waals surface area contributed by atoms with Crippen molar-refractivity contribution in [2.45, 2.75) is 52.9 Å². The first-order valence-electron chi connectivity index (χ1n) is 11.2. The molecule has 0 saturated carbocycles. The third-order valence-electron chi connectivity index (χ3n) is 5.13. The molecule has 0 spiro atoms. The minimum absolute atomic E-state index is 0.0104. The average molecular weight is 447 g/mol. The summed E-state index contributed by atoms with van der Waals surface area (Å²) in [5, 5.41) is 11.8. The van der Waals surface area contributed by atoms with E-state index in [9.17, 15) is 0 Å². The van der Waals surface area contributed by atoms with Crippen molar-refractivity contribution in [3.8, 4) is 29.0 Å². The molecule has 1 fully saturated rings. The fourth-order valence-electron chi connectivity index (χ4n) is 3.70. The van der Waals surface area contributed by atoms with Gasteiger partial charge in [-0.1, -0.05) is 37.0 Å². The highest BCUT2D eigenvalue weighted by atomic mass is 16.5. The van der Waals surface area contributed by atoms with E-state index in [0.29, 0.717) is 30.2 Å². The third-order valence-corrected chi connectivity index (χ3v) is 5.13. The highest BCUT2D eigenvalue weighted by Crippen LogP contribution is 2.32. The van der Waals surface area contributed by atoms with Gasteiger partial charge in [-0.15, -0.1) is 5.10 Å². The van der Waals surface area contributed by atoms with Gasteiger partial charge in [-0.05, 0) is 43.9 Å². The quantitative estimate of drug-likeness (QED) is 0.552. The van der Waals surface area contributed by atoms with Gasteiger partial charge in [0.25, 0.3) is 0 Å². The largest absolute Gasteiger partial charge is 0.489 e. The lowest BCUT2D eigenvalue weighted by Crippen LogP contribution is -2.16. The van der Waals surface area contributed by atoms with Gasteiger partial charge in [0, 0.05) is 18.0 Å². The predicted octanol–water partition coefficient (Wildman–Crippen LogP) is 3.80. The predicted molar refractivity (Wildman–Crippen MR) is 127 cm³/mol. The topological polar surface area (TPSA) is 87.0 Å². The van der Waals surface area contributed by atoms with E-state index in [-0.39, 0.29) is 17.6 Å². The van der Waals surface area contributed by atoms with Crippen LogP contribution in [0.5, 0.6) is 5.75 Å². The summed E-state index contributed by atoms with van der Waals surface area (Å²) in [5.41, 5.74) is 2.29. The van der Waals surface area contributed by atoms with Gasteiger partial charge in [-0.25, -0.2) is 14.6 Å². The van der Waals surface area contributed by atoms with Gasteiger partial charge in [0.1, 0.15) is 23.0 Å². The number of nitrogens with one attached hydrogen (secondary N) is 1. The molecule has 33 heavy (non-hydrogen) atoms. The molecule has 0 radical (unpaired) electrons. The zero-order valence-electron chi connectivity index (χ0n) is 19.6. The SMILES string of the molecule is CC(C)Oc1cc(C#CCNc2ccccn2)cnc1-c1cn(CC2CC(C)(C)CO2)nn1. The van der Waals surface area contributed by atoms with Crippen molar-refractivity contribution in [1.82, 2.24) is 25.0 Å². The smallest absolute Gasteiger partial charge is 0.148 e. The summed E-state index contributed by atoms with van der Waals surface area (Å²) < 4.78 is 13.7. The molecule has 1 aliphatic heterocycles. The van der Waals surface area contributed by atoms with Crippen LogP contribution in [0.3, 0.4) is 0 Å². The summed E-state index contributed by atoms with van der Waals surface area (Å²) in [6.07, 6.45) is 6.51. The third kappa shape index (κ3) is 6.30. The van der Waals surface area contributed by atoms with Crippen molar-refractivity contribution >= 4 is 5.82 Å². The van der Waals surface area contributed by atoms with Gasteiger partial charge in [0.2, 0.25) is 0 Å². The van der Waals surface area contributed by atoms with Crippen molar-refractivity contribution in [3.63, 3.8) is 0 Å². The van der Waals surface area contributed by atoms with E-state index in [1.165, 1.54) is 0 Å². The van der Waals surface area contributed by atoms with Gasteiger partial charge in [-0.2, -0.15) is 0 Å². The molecule has 1 unspecified atom stereocenters. The monoisotopic (exact) mass is 446 g/mol. The Balaban J connectivity index is 1.47. The highest BCUT2D eigenvalue weighted by Gasteiger charge is 2.32. The van der Waals surface area contributed by atoms with Crippen LogP contribution in [0, 0.1) is 17.3 Å². The molecule has 8 heteroatoms. The van der Waals surface area contributed by atoms with Crippen molar-refractivity contribution < 1.29 is 9.47 Å². The minimum Gasteiger partial charge on any atom is -0.489 e. The zero-order chi connectivity index (χ0) is 23.3. The standard InChI is InChI=1S/C25H30N6O2/c1-18(2)33-22-12-19(8-7-11-27-23-9-5-6-10-26-23)14-28-24(22)21-16-31(30-29-21)15-20-13-25(3,4)17-32-20/h5-6,9-10,12,14,16,18,20H,11,13,15,17H2,1-4H3,(H,26,27). The number of aromatic nitrogens is 5. The molecular weight excluding hydrogens is 416 g/mol. The van der Waals surface area contributed by atoms with E-state index in [4.69, 9.17) is 9.47 Å². The first kappa shape index (κ1) is 22.7. The Labute approximate surface area is 194 Å². The van der Waals surface area contributed by atoms with E-state index in [1.54, 1.807) is 12.4 Å². The molecule has 0 amide bonds. The first-order valence-corrected chi connectivity index (χ1v) is 11.2. The summed E-state index contributed by atoms with van der Waals surface area (Å²) in [6.45, 7) is 10.3. The van der Waals surface area contributed by atoms with E-state index in [1.807, 2.05) is 49.0 Å². The minimum atomic E-state index is -0.0104. The second-order valence-electron chi connectivity index (χ2n) is 9.23. The fraction of sp³-hybridized carbons (Fsp3) is 0.440. The number of hydrogen-bond acceptors (Lipinski definition) is 7. The van der Waals surface area contributed by atoms with Crippen LogP contribution in [0.15, 0.2) is 42.9 Å². The van der Waals surface area contributed by atoms with Crippen LogP contribution >= 0.6 is 0 Å². The Morgan fingerprint density at radius 1 is 1.30 bits per heavy atom. The number of rotatable bonds is 7. The molecule has 0 aromatic carbocycles. The maximum atomic E-state index is 6.03. The molecule has 4 heterocycles. The summed E-state index contributed by atoms with van der Waals surface area (Å²) in [5.74, 6) is 7.66. The number of hydrogen-bond donors (Lipinski definition) is 1. The van der Waals surface area contributed by atoms with Crippen LogP contribution in [0.25, 0.3) is 11.4 Å². The van der Waals surface area contributed by atoms with E-state index >= 15 is 0 Å². The second-order valence-corrected chi connectivity index (χ2v) is 9.23. The van der Waals surface area contributed by atoms with E-state index < -0.39 is 0 Å². The molecule has 1 saturated heterocycles. The van der Waals surface area contributed by atoms with Crippen molar-refractivity contribution in [3.05, 3.63) is 48.4 Å². The maximum Gasteiger partial charge on any atom is 0.148 e. The highest BCUT2D eigenvalue weighted by molar-refractivity contribution is 5.63. The second kappa shape index (κ2) is 10.0. The molecule has 1 N–H and O–H groups in total. The Kier molecular flexibility index (Phi) is 6.90. The van der Waals surface area contributed by atoms with Crippen LogP contribution < -0.4 is 10.1 Å². The first-order chi connectivity index (χ1) is 15.9. The normalized spacial score (nSPS) is 16.9. The van der Waals surface area contributed by atoms with Crippen LogP contribution in [0.4, 0.5) is 5.82 Å². The zero-order valence-corrected chi connectivity index (χ0v) is 19.6. The lowest BCUT2D eigenvalue weighted by Gasteiger charge is -2.13. The fourth-order valence-corrected chi connectivity index (χ4v) is 3.70. The van der Waals surface area contributed by atoms with Gasteiger partial charge in [-0.3, -0.25) is 0 Å². The summed E-state index contributed by atoms with van der Waals surface area (Å²) in [7, 11) is 0. The van der Waals surface area contributed by atoms with Crippen LogP contribution in [-0.4, -0.2) is 50.3 Å². The number of pyridine rings is 2. The lowest BCUT2D eigenvalue weighted by atomic mass is 9.91. The van der Waals surface area contributed by atoms with Crippen LogP contribution in [0.2, 0.25) is 0 Å². The Hall–Kier alpha value is -3.44. The van der Waals surface area contributed by atoms with Gasteiger partial charge >= 0.3 is 0 Å². The Bertz CT molecular complexity index is 1130. The van der Waals surface area contributed by atoms with Crippen molar-refractivity contribution in [2.24, 2.45) is 5.41 Å². The Morgan fingerprint density at radius 2 is 2.18 bits per heavy atom. The van der Waals surface area contributed by atoms with Gasteiger partial charge < -0.3 is 14.8 Å². The van der Waals surface area contributed by atoms with Gasteiger partial charge in [0.15, 0.2) is 0 Å². The lowest BCUT2D eigenvalue weighted by molar-refractivity contribution is 0.0848. The molecule has 3 aromatic rings. The molecule has 0 aliphatic carbocycles. The summed E-state index contributed by atoms with van der Waals surface area (Å²) >= 11 is 0. The molecule has 0 bridgehead atoms. The molecule has 3 aromatic heterocycles. The van der Waals surface area contributed by atoms with Crippen LogP contribution in [0.1, 0.15) is 39.7 Å². The molecular formula is C25H30N6O2. The van der Waals surface area contributed by atoms with E-state index in [2.05, 4.69) is 51.3 Å². The summed E-state index contributed by atoms with van der Waals surface area (Å²) in [4.78, 5) is 8.82. The van der Waals surface area contributed by atoms with Crippen molar-refractivity contribution in [1.29, 1.82) is 0 Å². The molecule has 1 aliphatic rings. The van der Waals surface area contributed by atoms with Crippen molar-refractivity contribution in [2.75, 3.05) is 18.5 Å². The molecule has 1 atom stereocenters. The van der Waals surface area contributed by atoms with E-state index in [0.717, 1.165) is 24.4 Å². The molecule has 172 valence electrons. The average Bonchev–Trinajstić information content (AvgIpc) is 3.37. The Morgan fingerprint density at radius 3 is 2.91 bits per heavy atom. The molecule has 8 nitrogen and oxygen atoms in total. The number of anilines is 1. The van der Waals surface area contributed by atoms with Crippen LogP contribution in [-0.2, 0) is 11.3 Å². The maximum absolute atomic E-state index is 6.03. The number of ether oxygens (including phenoxy) is 2. The summed E-state index contributed by atoms with van der Waals surface area (Å²) in [6, 6.07) is 7.61.